The topological polar surface area (TPSA) is 66.0 Å². The van der Waals surface area contributed by atoms with Gasteiger partial charge in [0.05, 0.1) is 6.54 Å². The Morgan fingerprint density at radius 2 is 2.23 bits per heavy atom. The molecule has 1 atom stereocenters. The summed E-state index contributed by atoms with van der Waals surface area (Å²) in [6.07, 6.45) is 3.74. The molecule has 1 saturated heterocycles. The quantitative estimate of drug-likeness (QED) is 0.552. The van der Waals surface area contributed by atoms with Crippen molar-refractivity contribution in [2.45, 2.75) is 52.2 Å². The van der Waals surface area contributed by atoms with Crippen LogP contribution in [0.15, 0.2) is 29.3 Å². The Morgan fingerprint density at radius 1 is 1.38 bits per heavy atom. The van der Waals surface area contributed by atoms with Crippen LogP contribution in [0, 0.1) is 0 Å². The maximum absolute atomic E-state index is 12.2. The number of amides is 1. The van der Waals surface area contributed by atoms with E-state index in [1.165, 1.54) is 0 Å². The maximum Gasteiger partial charge on any atom is 0.253 e. The third-order valence-electron chi connectivity index (χ3n) is 4.37. The van der Waals surface area contributed by atoms with Crippen molar-refractivity contribution < 1.29 is 9.53 Å². The van der Waals surface area contributed by atoms with Gasteiger partial charge in [-0.15, -0.1) is 0 Å². The van der Waals surface area contributed by atoms with Crippen molar-refractivity contribution >= 4 is 17.6 Å². The van der Waals surface area contributed by atoms with Crippen molar-refractivity contribution in [1.29, 1.82) is 0 Å². The molecule has 6 heteroatoms. The van der Waals surface area contributed by atoms with Gasteiger partial charge in [-0.2, -0.15) is 0 Å². The molecule has 0 spiro atoms. The fourth-order valence-corrected chi connectivity index (χ4v) is 2.89. The Balaban J connectivity index is 1.97. The molecule has 1 aliphatic heterocycles. The van der Waals surface area contributed by atoms with E-state index in [9.17, 15) is 4.79 Å². The number of benzene rings is 1. The van der Waals surface area contributed by atoms with E-state index in [1.807, 2.05) is 24.3 Å². The maximum atomic E-state index is 12.2. The molecule has 0 bridgehead atoms. The summed E-state index contributed by atoms with van der Waals surface area (Å²) in [5.74, 6) is 0.852. The minimum atomic E-state index is -0.316. The van der Waals surface area contributed by atoms with Gasteiger partial charge in [0, 0.05) is 32.4 Å². The van der Waals surface area contributed by atoms with E-state index < -0.39 is 0 Å². The zero-order chi connectivity index (χ0) is 18.8. The third-order valence-corrected chi connectivity index (χ3v) is 4.37. The van der Waals surface area contributed by atoms with Crippen LogP contribution in [0.25, 0.3) is 0 Å². The number of hydrogen-bond acceptors (Lipinski definition) is 3. The monoisotopic (exact) mass is 360 g/mol. The second-order valence-corrected chi connectivity index (χ2v) is 6.64. The highest BCUT2D eigenvalue weighted by Gasteiger charge is 2.23. The number of unbranched alkanes of at least 4 members (excludes halogenated alkanes) is 1. The Bertz CT molecular complexity index is 597. The van der Waals surface area contributed by atoms with Crippen molar-refractivity contribution in [3.05, 3.63) is 29.8 Å². The van der Waals surface area contributed by atoms with Crippen molar-refractivity contribution in [3.8, 4) is 0 Å². The smallest absolute Gasteiger partial charge is 0.253 e. The van der Waals surface area contributed by atoms with Gasteiger partial charge in [0.15, 0.2) is 5.96 Å². The van der Waals surface area contributed by atoms with Crippen LogP contribution in [0.3, 0.4) is 0 Å². The van der Waals surface area contributed by atoms with E-state index in [-0.39, 0.29) is 12.0 Å². The van der Waals surface area contributed by atoms with Crippen LogP contribution < -0.4 is 10.6 Å². The van der Waals surface area contributed by atoms with Crippen LogP contribution in [0.1, 0.15) is 45.1 Å². The van der Waals surface area contributed by atoms with Crippen molar-refractivity contribution in [2.75, 3.05) is 32.1 Å². The molecule has 2 N–H and O–H groups in total. The average molecular weight is 361 g/mol. The van der Waals surface area contributed by atoms with Crippen LogP contribution in [0.2, 0.25) is 0 Å². The van der Waals surface area contributed by atoms with E-state index in [2.05, 4.69) is 36.4 Å². The normalized spacial score (nSPS) is 17.2. The lowest BCUT2D eigenvalue weighted by molar-refractivity contribution is -0.124. The molecule has 0 radical (unpaired) electrons. The van der Waals surface area contributed by atoms with Crippen molar-refractivity contribution in [2.24, 2.45) is 4.99 Å². The molecule has 1 fully saturated rings. The summed E-state index contributed by atoms with van der Waals surface area (Å²) in [6.45, 7) is 7.33. The van der Waals surface area contributed by atoms with Crippen LogP contribution in [0.5, 0.6) is 0 Å². The number of aliphatic imine (C=N–C) groups is 1. The van der Waals surface area contributed by atoms with Gasteiger partial charge < -0.3 is 20.3 Å². The van der Waals surface area contributed by atoms with Gasteiger partial charge in [-0.3, -0.25) is 4.79 Å². The number of carbonyl (C=O) groups excluding carboxylic acids is 1. The van der Waals surface area contributed by atoms with Gasteiger partial charge in [0.1, 0.15) is 6.10 Å². The SMILES string of the molecule is CCCCN(C)C(=NCc1cccc(NC(=O)C2CCCO2)c1)NCC. The molecule has 26 heavy (non-hydrogen) atoms. The van der Waals surface area contributed by atoms with E-state index in [1.54, 1.807) is 0 Å². The molecule has 0 saturated carbocycles. The van der Waals surface area contributed by atoms with E-state index in [0.29, 0.717) is 13.2 Å². The molecule has 0 aromatic heterocycles. The van der Waals surface area contributed by atoms with Crippen molar-refractivity contribution in [3.63, 3.8) is 0 Å². The molecular weight excluding hydrogens is 328 g/mol. The molecule has 0 aliphatic carbocycles. The number of anilines is 1. The number of carbonyl (C=O) groups is 1. The van der Waals surface area contributed by atoms with E-state index in [4.69, 9.17) is 9.73 Å². The Morgan fingerprint density at radius 3 is 2.92 bits per heavy atom. The highest BCUT2D eigenvalue weighted by molar-refractivity contribution is 5.94. The summed E-state index contributed by atoms with van der Waals surface area (Å²) in [5, 5.41) is 6.28. The zero-order valence-corrected chi connectivity index (χ0v) is 16.3. The summed E-state index contributed by atoms with van der Waals surface area (Å²) < 4.78 is 5.43. The van der Waals surface area contributed by atoms with Gasteiger partial charge in [0.2, 0.25) is 0 Å². The number of ether oxygens (including phenoxy) is 1. The zero-order valence-electron chi connectivity index (χ0n) is 16.3. The molecule has 1 unspecified atom stereocenters. The number of hydrogen-bond donors (Lipinski definition) is 2. The second-order valence-electron chi connectivity index (χ2n) is 6.64. The minimum Gasteiger partial charge on any atom is -0.368 e. The molecule has 6 nitrogen and oxygen atoms in total. The highest BCUT2D eigenvalue weighted by atomic mass is 16.5. The molecule has 1 aromatic carbocycles. The molecule has 144 valence electrons. The lowest BCUT2D eigenvalue weighted by atomic mass is 10.2. The predicted octanol–water partition coefficient (Wildman–Crippen LogP) is 3.00. The second kappa shape index (κ2) is 10.8. The lowest BCUT2D eigenvalue weighted by Gasteiger charge is -2.21. The first kappa shape index (κ1) is 20.2. The van der Waals surface area contributed by atoms with Gasteiger partial charge in [-0.05, 0) is 43.9 Å². The molecule has 1 amide bonds. The summed E-state index contributed by atoms with van der Waals surface area (Å²) >= 11 is 0. The first-order valence-corrected chi connectivity index (χ1v) is 9.64. The van der Waals surface area contributed by atoms with Crippen LogP contribution in [0.4, 0.5) is 5.69 Å². The third kappa shape index (κ3) is 6.33. The number of rotatable bonds is 8. The molecule has 1 heterocycles. The summed E-state index contributed by atoms with van der Waals surface area (Å²) in [6, 6.07) is 7.86. The van der Waals surface area contributed by atoms with Gasteiger partial charge in [-0.1, -0.05) is 25.5 Å². The van der Waals surface area contributed by atoms with Crippen LogP contribution >= 0.6 is 0 Å². The number of nitrogens with zero attached hydrogens (tertiary/aromatic N) is 2. The van der Waals surface area contributed by atoms with Gasteiger partial charge in [-0.25, -0.2) is 4.99 Å². The standard InChI is InChI=1S/C20H32N4O2/c1-4-6-12-24(3)20(21-5-2)22-15-16-9-7-10-17(14-16)23-19(25)18-11-8-13-26-18/h7,9-10,14,18H,4-6,8,11-13,15H2,1-3H3,(H,21,22)(H,23,25). The summed E-state index contributed by atoms with van der Waals surface area (Å²) in [7, 11) is 2.06. The fourth-order valence-electron chi connectivity index (χ4n) is 2.89. The number of guanidine groups is 1. The van der Waals surface area contributed by atoms with Gasteiger partial charge >= 0.3 is 0 Å². The first-order valence-electron chi connectivity index (χ1n) is 9.64. The molecule has 1 aromatic rings. The largest absolute Gasteiger partial charge is 0.368 e. The molecular formula is C20H32N4O2. The van der Waals surface area contributed by atoms with Crippen LogP contribution in [-0.2, 0) is 16.1 Å². The first-order chi connectivity index (χ1) is 12.6. The minimum absolute atomic E-state index is 0.0595. The predicted molar refractivity (Wildman–Crippen MR) is 106 cm³/mol. The lowest BCUT2D eigenvalue weighted by Crippen LogP contribution is -2.39. The Kier molecular flexibility index (Phi) is 8.41. The Hall–Kier alpha value is -2.08. The fraction of sp³-hybridized carbons (Fsp3) is 0.600. The average Bonchev–Trinajstić information content (AvgIpc) is 3.18. The highest BCUT2D eigenvalue weighted by Crippen LogP contribution is 2.16. The Labute approximate surface area is 157 Å². The molecule has 1 aliphatic rings. The van der Waals surface area contributed by atoms with Crippen molar-refractivity contribution in [1.82, 2.24) is 10.2 Å². The van der Waals surface area contributed by atoms with Gasteiger partial charge in [0.25, 0.3) is 5.91 Å². The summed E-state index contributed by atoms with van der Waals surface area (Å²) in [5.41, 5.74) is 1.86. The van der Waals surface area contributed by atoms with E-state index in [0.717, 1.165) is 56.0 Å². The number of nitrogens with one attached hydrogen (secondary N) is 2. The van der Waals surface area contributed by atoms with E-state index >= 15 is 0 Å². The van der Waals surface area contributed by atoms with Crippen LogP contribution in [-0.4, -0.2) is 49.6 Å². The molecule has 2 rings (SSSR count). The summed E-state index contributed by atoms with van der Waals surface area (Å²) in [4.78, 5) is 19.1.